The summed E-state index contributed by atoms with van der Waals surface area (Å²) in [6.45, 7) is 2.33. The van der Waals surface area contributed by atoms with Gasteiger partial charge in [-0.2, -0.15) is 0 Å². The van der Waals surface area contributed by atoms with E-state index in [4.69, 9.17) is 10.5 Å². The van der Waals surface area contributed by atoms with Gasteiger partial charge in [0.15, 0.2) is 5.96 Å². The molecule has 0 fully saturated rings. The van der Waals surface area contributed by atoms with Crippen LogP contribution in [0, 0.1) is 11.6 Å². The third-order valence-corrected chi connectivity index (χ3v) is 2.24. The number of ether oxygens (including phenoxy) is 1. The fourth-order valence-electron chi connectivity index (χ4n) is 1.42. The molecule has 0 spiro atoms. The van der Waals surface area contributed by atoms with E-state index < -0.39 is 11.6 Å². The first-order valence-corrected chi connectivity index (χ1v) is 5.52. The Bertz CT molecular complexity index is 424. The molecule has 0 amide bonds. The van der Waals surface area contributed by atoms with Gasteiger partial charge >= 0.3 is 0 Å². The molecular formula is C12H17F2N3O. The summed E-state index contributed by atoms with van der Waals surface area (Å²) < 4.78 is 31.1. The maximum absolute atomic E-state index is 13.3. The molecule has 0 bridgehead atoms. The summed E-state index contributed by atoms with van der Waals surface area (Å²) in [5, 5.41) is 2.87. The largest absolute Gasteiger partial charge is 0.383 e. The third-order valence-electron chi connectivity index (χ3n) is 2.24. The zero-order chi connectivity index (χ0) is 13.5. The van der Waals surface area contributed by atoms with Crippen molar-refractivity contribution in [2.75, 3.05) is 13.7 Å². The second-order valence-corrected chi connectivity index (χ2v) is 3.94. The van der Waals surface area contributed by atoms with Crippen LogP contribution in [0.1, 0.15) is 12.5 Å². The molecule has 0 radical (unpaired) electrons. The maximum atomic E-state index is 13.3. The van der Waals surface area contributed by atoms with Gasteiger partial charge in [-0.3, -0.25) is 0 Å². The Balaban J connectivity index is 2.59. The van der Waals surface area contributed by atoms with Gasteiger partial charge < -0.3 is 15.8 Å². The van der Waals surface area contributed by atoms with Crippen LogP contribution in [0.15, 0.2) is 23.2 Å². The molecule has 0 heterocycles. The Morgan fingerprint density at radius 3 is 2.89 bits per heavy atom. The third kappa shape index (κ3) is 4.67. The molecule has 0 aromatic heterocycles. The Hall–Kier alpha value is -1.69. The molecule has 6 heteroatoms. The number of methoxy groups -OCH3 is 1. The molecule has 1 aromatic carbocycles. The predicted molar refractivity (Wildman–Crippen MR) is 66.2 cm³/mol. The van der Waals surface area contributed by atoms with Crippen molar-refractivity contribution in [1.29, 1.82) is 0 Å². The monoisotopic (exact) mass is 257 g/mol. The summed E-state index contributed by atoms with van der Waals surface area (Å²) in [6.07, 6.45) is 0. The molecule has 1 rings (SSSR count). The standard InChI is InChI=1S/C12H17F2N3O/c1-8(7-18-2)17-12(15)16-6-9-5-10(13)3-4-11(9)14/h3-5,8H,6-7H2,1-2H3,(H3,15,16,17). The lowest BCUT2D eigenvalue weighted by molar-refractivity contribution is 0.179. The Kier molecular flexibility index (Phi) is 5.51. The quantitative estimate of drug-likeness (QED) is 0.619. The Labute approximate surface area is 105 Å². The smallest absolute Gasteiger partial charge is 0.189 e. The number of nitrogens with two attached hydrogens (primary N) is 1. The van der Waals surface area contributed by atoms with Crippen LogP contribution in [0.3, 0.4) is 0 Å². The van der Waals surface area contributed by atoms with E-state index in [1.54, 1.807) is 7.11 Å². The van der Waals surface area contributed by atoms with E-state index in [1.165, 1.54) is 0 Å². The van der Waals surface area contributed by atoms with E-state index >= 15 is 0 Å². The second kappa shape index (κ2) is 6.90. The number of guanidine groups is 1. The highest BCUT2D eigenvalue weighted by atomic mass is 19.1. The van der Waals surface area contributed by atoms with Gasteiger partial charge in [0.1, 0.15) is 11.6 Å². The van der Waals surface area contributed by atoms with Crippen LogP contribution >= 0.6 is 0 Å². The van der Waals surface area contributed by atoms with Gasteiger partial charge in [-0.25, -0.2) is 13.8 Å². The SMILES string of the molecule is COCC(C)NC(N)=NCc1cc(F)ccc1F. The number of halogens is 2. The van der Waals surface area contributed by atoms with Crippen molar-refractivity contribution in [2.45, 2.75) is 19.5 Å². The van der Waals surface area contributed by atoms with Crippen LogP contribution < -0.4 is 11.1 Å². The number of nitrogens with one attached hydrogen (secondary N) is 1. The zero-order valence-electron chi connectivity index (χ0n) is 10.4. The molecule has 0 saturated heterocycles. The number of benzene rings is 1. The Morgan fingerprint density at radius 2 is 2.22 bits per heavy atom. The average Bonchev–Trinajstić information content (AvgIpc) is 2.30. The van der Waals surface area contributed by atoms with E-state index in [9.17, 15) is 8.78 Å². The lowest BCUT2D eigenvalue weighted by atomic mass is 10.2. The lowest BCUT2D eigenvalue weighted by Crippen LogP contribution is -2.40. The molecule has 100 valence electrons. The molecule has 0 saturated carbocycles. The molecule has 4 nitrogen and oxygen atoms in total. The van der Waals surface area contributed by atoms with Crippen molar-refractivity contribution in [2.24, 2.45) is 10.7 Å². The molecule has 1 unspecified atom stereocenters. The first kappa shape index (κ1) is 14.4. The fraction of sp³-hybridized carbons (Fsp3) is 0.417. The lowest BCUT2D eigenvalue weighted by Gasteiger charge is -2.13. The van der Waals surface area contributed by atoms with Crippen LogP contribution in [-0.4, -0.2) is 25.7 Å². The highest BCUT2D eigenvalue weighted by Gasteiger charge is 2.04. The molecule has 0 aliphatic rings. The van der Waals surface area contributed by atoms with Gasteiger partial charge in [-0.05, 0) is 25.1 Å². The van der Waals surface area contributed by atoms with Crippen LogP contribution in [0.25, 0.3) is 0 Å². The van der Waals surface area contributed by atoms with Crippen molar-refractivity contribution >= 4 is 5.96 Å². The van der Waals surface area contributed by atoms with Crippen molar-refractivity contribution in [3.05, 3.63) is 35.4 Å². The van der Waals surface area contributed by atoms with Gasteiger partial charge in [-0.15, -0.1) is 0 Å². The van der Waals surface area contributed by atoms with Crippen LogP contribution in [0.4, 0.5) is 8.78 Å². The van der Waals surface area contributed by atoms with Crippen LogP contribution in [0.2, 0.25) is 0 Å². The normalized spacial score (nSPS) is 13.4. The summed E-state index contributed by atoms with van der Waals surface area (Å²) in [5.41, 5.74) is 5.77. The highest BCUT2D eigenvalue weighted by molar-refractivity contribution is 5.78. The zero-order valence-corrected chi connectivity index (χ0v) is 10.4. The molecule has 0 aliphatic carbocycles. The Morgan fingerprint density at radius 1 is 1.50 bits per heavy atom. The van der Waals surface area contributed by atoms with Gasteiger partial charge in [0.2, 0.25) is 0 Å². The summed E-state index contributed by atoms with van der Waals surface area (Å²) in [5.74, 6) is -0.831. The molecule has 1 atom stereocenters. The summed E-state index contributed by atoms with van der Waals surface area (Å²) >= 11 is 0. The summed E-state index contributed by atoms with van der Waals surface area (Å²) in [4.78, 5) is 3.94. The first-order chi connectivity index (χ1) is 8.52. The molecular weight excluding hydrogens is 240 g/mol. The van der Waals surface area contributed by atoms with E-state index in [2.05, 4.69) is 10.3 Å². The topological polar surface area (TPSA) is 59.6 Å². The number of rotatable bonds is 5. The average molecular weight is 257 g/mol. The van der Waals surface area contributed by atoms with Gasteiger partial charge in [0.05, 0.1) is 13.2 Å². The van der Waals surface area contributed by atoms with Gasteiger partial charge in [-0.1, -0.05) is 0 Å². The maximum Gasteiger partial charge on any atom is 0.189 e. The van der Waals surface area contributed by atoms with Crippen molar-refractivity contribution in [3.63, 3.8) is 0 Å². The highest BCUT2D eigenvalue weighted by Crippen LogP contribution is 2.10. The van der Waals surface area contributed by atoms with Crippen molar-refractivity contribution in [3.8, 4) is 0 Å². The predicted octanol–water partition coefficient (Wildman–Crippen LogP) is 1.40. The minimum atomic E-state index is -0.502. The summed E-state index contributed by atoms with van der Waals surface area (Å²) in [7, 11) is 1.58. The van der Waals surface area contributed by atoms with Crippen LogP contribution in [-0.2, 0) is 11.3 Å². The van der Waals surface area contributed by atoms with Crippen molar-refractivity contribution < 1.29 is 13.5 Å². The number of nitrogens with zero attached hydrogens (tertiary/aromatic N) is 1. The number of hydrogen-bond donors (Lipinski definition) is 2. The summed E-state index contributed by atoms with van der Waals surface area (Å²) in [6, 6.07) is 3.23. The van der Waals surface area contributed by atoms with E-state index in [-0.39, 0.29) is 24.1 Å². The van der Waals surface area contributed by atoms with Crippen LogP contribution in [0.5, 0.6) is 0 Å². The fourth-order valence-corrected chi connectivity index (χ4v) is 1.42. The minimum absolute atomic E-state index is 0.00361. The first-order valence-electron chi connectivity index (χ1n) is 5.52. The van der Waals surface area contributed by atoms with E-state index in [0.717, 1.165) is 18.2 Å². The molecule has 0 aliphatic heterocycles. The number of aliphatic imine (C=N–C) groups is 1. The second-order valence-electron chi connectivity index (χ2n) is 3.94. The van der Waals surface area contributed by atoms with E-state index in [1.807, 2.05) is 6.92 Å². The van der Waals surface area contributed by atoms with Gasteiger partial charge in [0, 0.05) is 18.7 Å². The molecule has 1 aromatic rings. The van der Waals surface area contributed by atoms with E-state index in [0.29, 0.717) is 6.61 Å². The van der Waals surface area contributed by atoms with Gasteiger partial charge in [0.25, 0.3) is 0 Å². The van der Waals surface area contributed by atoms with Crippen molar-refractivity contribution in [1.82, 2.24) is 5.32 Å². The number of hydrogen-bond acceptors (Lipinski definition) is 2. The minimum Gasteiger partial charge on any atom is -0.383 e. The molecule has 3 N–H and O–H groups in total. The molecule has 18 heavy (non-hydrogen) atoms.